The van der Waals surface area contributed by atoms with Crippen molar-refractivity contribution in [2.45, 2.75) is 39.4 Å². The van der Waals surface area contributed by atoms with Gasteiger partial charge in [-0.3, -0.25) is 4.90 Å². The molecule has 6 nitrogen and oxygen atoms in total. The molecule has 0 saturated heterocycles. The maximum Gasteiger partial charge on any atom is 0.191 e. The Hall–Kier alpha value is -2.73. The lowest BCUT2D eigenvalue weighted by Crippen LogP contribution is -2.47. The molecule has 2 N–H and O–H groups in total. The highest BCUT2D eigenvalue weighted by molar-refractivity contribution is 5.79. The van der Waals surface area contributed by atoms with Crippen LogP contribution < -0.4 is 20.1 Å². The third-order valence-electron chi connectivity index (χ3n) is 5.56. The first-order valence-electron chi connectivity index (χ1n) is 10.7. The van der Waals surface area contributed by atoms with E-state index in [0.29, 0.717) is 12.6 Å². The molecule has 2 aromatic carbocycles. The van der Waals surface area contributed by atoms with Gasteiger partial charge in [-0.15, -0.1) is 0 Å². The highest BCUT2D eigenvalue weighted by Gasteiger charge is 2.20. The fraction of sp³-hybridized carbons (Fsp3) is 0.458. The Morgan fingerprint density at radius 2 is 1.83 bits per heavy atom. The molecule has 1 unspecified atom stereocenters. The lowest BCUT2D eigenvalue weighted by atomic mass is 9.99. The van der Waals surface area contributed by atoms with E-state index in [2.05, 4.69) is 53.6 Å². The van der Waals surface area contributed by atoms with E-state index in [1.54, 1.807) is 14.2 Å². The van der Waals surface area contributed by atoms with E-state index < -0.39 is 0 Å². The summed E-state index contributed by atoms with van der Waals surface area (Å²) in [7, 11) is 3.29. The Morgan fingerprint density at radius 3 is 2.57 bits per heavy atom. The molecule has 1 heterocycles. The number of hydrogen-bond acceptors (Lipinski definition) is 4. The van der Waals surface area contributed by atoms with Crippen LogP contribution >= 0.6 is 0 Å². The molecule has 1 aliphatic rings. The second-order valence-corrected chi connectivity index (χ2v) is 7.60. The number of nitrogens with zero attached hydrogens (tertiary/aromatic N) is 2. The monoisotopic (exact) mass is 410 g/mol. The molecule has 3 rings (SSSR count). The van der Waals surface area contributed by atoms with Crippen LogP contribution in [0.2, 0.25) is 0 Å². The minimum atomic E-state index is 0.420. The van der Waals surface area contributed by atoms with E-state index >= 15 is 0 Å². The minimum Gasteiger partial charge on any atom is -0.493 e. The SMILES string of the molecule is CCNC(=NCc1ccc(OC)c(OC)c1)NCC(C)N1CCc2ccccc2C1. The second-order valence-electron chi connectivity index (χ2n) is 7.60. The summed E-state index contributed by atoms with van der Waals surface area (Å²) in [6.45, 7) is 8.71. The van der Waals surface area contributed by atoms with Crippen molar-refractivity contribution in [2.24, 2.45) is 4.99 Å². The predicted octanol–water partition coefficient (Wildman–Crippen LogP) is 3.21. The Morgan fingerprint density at radius 1 is 1.07 bits per heavy atom. The lowest BCUT2D eigenvalue weighted by molar-refractivity contribution is 0.191. The van der Waals surface area contributed by atoms with Gasteiger partial charge in [-0.1, -0.05) is 30.3 Å². The van der Waals surface area contributed by atoms with Crippen molar-refractivity contribution in [2.75, 3.05) is 33.9 Å². The van der Waals surface area contributed by atoms with E-state index in [1.165, 1.54) is 11.1 Å². The summed E-state index contributed by atoms with van der Waals surface area (Å²) in [6, 6.07) is 15.1. The van der Waals surface area contributed by atoms with E-state index in [9.17, 15) is 0 Å². The molecule has 162 valence electrons. The number of ether oxygens (including phenoxy) is 2. The standard InChI is InChI=1S/C24H34N4O2/c1-5-25-24(27-16-19-10-11-22(29-3)23(14-19)30-4)26-15-18(2)28-13-12-20-8-6-7-9-21(20)17-28/h6-11,14,18H,5,12-13,15-17H2,1-4H3,(H2,25,26,27). The largest absolute Gasteiger partial charge is 0.493 e. The van der Waals surface area contributed by atoms with Gasteiger partial charge in [0, 0.05) is 32.2 Å². The zero-order valence-electron chi connectivity index (χ0n) is 18.6. The summed E-state index contributed by atoms with van der Waals surface area (Å²) in [5.41, 5.74) is 4.01. The van der Waals surface area contributed by atoms with Crippen LogP contribution in [0.15, 0.2) is 47.5 Å². The van der Waals surface area contributed by atoms with Gasteiger partial charge in [0.15, 0.2) is 17.5 Å². The topological polar surface area (TPSA) is 58.1 Å². The molecule has 1 atom stereocenters. The van der Waals surface area contributed by atoms with Crippen LogP contribution in [0.1, 0.15) is 30.5 Å². The molecule has 0 spiro atoms. The van der Waals surface area contributed by atoms with Gasteiger partial charge in [0.2, 0.25) is 0 Å². The number of guanidine groups is 1. The number of benzene rings is 2. The van der Waals surface area contributed by atoms with Crippen LogP contribution in [0.4, 0.5) is 0 Å². The van der Waals surface area contributed by atoms with Crippen molar-refractivity contribution in [1.82, 2.24) is 15.5 Å². The summed E-state index contributed by atoms with van der Waals surface area (Å²) in [5, 5.41) is 6.85. The molecule has 0 amide bonds. The molecule has 0 bridgehead atoms. The molecule has 30 heavy (non-hydrogen) atoms. The van der Waals surface area contributed by atoms with Crippen LogP contribution in [0, 0.1) is 0 Å². The van der Waals surface area contributed by atoms with Crippen LogP contribution in [-0.4, -0.2) is 50.8 Å². The van der Waals surface area contributed by atoms with Crippen LogP contribution in [0.25, 0.3) is 0 Å². The van der Waals surface area contributed by atoms with Crippen LogP contribution in [0.5, 0.6) is 11.5 Å². The van der Waals surface area contributed by atoms with E-state index in [4.69, 9.17) is 14.5 Å². The van der Waals surface area contributed by atoms with E-state index in [-0.39, 0.29) is 0 Å². The number of fused-ring (bicyclic) bond motifs is 1. The normalized spacial score (nSPS) is 15.3. The molecule has 0 fully saturated rings. The van der Waals surface area contributed by atoms with Crippen molar-refractivity contribution in [3.63, 3.8) is 0 Å². The molecule has 2 aromatic rings. The number of aliphatic imine (C=N–C) groups is 1. The first-order chi connectivity index (χ1) is 14.6. The Balaban J connectivity index is 1.57. The molecule has 0 aliphatic carbocycles. The summed E-state index contributed by atoms with van der Waals surface area (Å²) in [5.74, 6) is 2.28. The van der Waals surface area contributed by atoms with Crippen LogP contribution in [0.3, 0.4) is 0 Å². The van der Waals surface area contributed by atoms with Crippen molar-refractivity contribution < 1.29 is 9.47 Å². The van der Waals surface area contributed by atoms with Crippen molar-refractivity contribution in [1.29, 1.82) is 0 Å². The first kappa shape index (κ1) is 22.0. The van der Waals surface area contributed by atoms with Gasteiger partial charge in [0.1, 0.15) is 0 Å². The summed E-state index contributed by atoms with van der Waals surface area (Å²) < 4.78 is 10.7. The number of nitrogens with one attached hydrogen (secondary N) is 2. The Labute approximate surface area is 180 Å². The minimum absolute atomic E-state index is 0.420. The molecular formula is C24H34N4O2. The average molecular weight is 411 g/mol. The fourth-order valence-electron chi connectivity index (χ4n) is 3.76. The van der Waals surface area contributed by atoms with Crippen molar-refractivity contribution in [3.05, 3.63) is 59.2 Å². The number of hydrogen-bond donors (Lipinski definition) is 2. The molecule has 0 radical (unpaired) electrons. The summed E-state index contributed by atoms with van der Waals surface area (Å²) in [6.07, 6.45) is 1.12. The van der Waals surface area contributed by atoms with Crippen molar-refractivity contribution in [3.8, 4) is 11.5 Å². The quantitative estimate of drug-likeness (QED) is 0.517. The Kier molecular flexibility index (Phi) is 7.97. The average Bonchev–Trinajstić information content (AvgIpc) is 2.80. The number of rotatable bonds is 8. The molecule has 6 heteroatoms. The highest BCUT2D eigenvalue weighted by atomic mass is 16.5. The molecule has 0 saturated carbocycles. The number of methoxy groups -OCH3 is 2. The van der Waals surface area contributed by atoms with E-state index in [0.717, 1.165) is 55.6 Å². The highest BCUT2D eigenvalue weighted by Crippen LogP contribution is 2.27. The predicted molar refractivity (Wildman–Crippen MR) is 122 cm³/mol. The van der Waals surface area contributed by atoms with Crippen molar-refractivity contribution >= 4 is 5.96 Å². The van der Waals surface area contributed by atoms with Gasteiger partial charge in [0.05, 0.1) is 20.8 Å². The Bertz CT molecular complexity index is 853. The van der Waals surface area contributed by atoms with E-state index in [1.807, 2.05) is 18.2 Å². The molecule has 1 aliphatic heterocycles. The second kappa shape index (κ2) is 10.9. The zero-order chi connectivity index (χ0) is 21.3. The maximum absolute atomic E-state index is 5.39. The van der Waals surface area contributed by atoms with Gasteiger partial charge >= 0.3 is 0 Å². The first-order valence-corrected chi connectivity index (χ1v) is 10.7. The van der Waals surface area contributed by atoms with Gasteiger partial charge < -0.3 is 20.1 Å². The maximum atomic E-state index is 5.39. The van der Waals surface area contributed by atoms with Gasteiger partial charge in [-0.2, -0.15) is 0 Å². The molecule has 0 aromatic heterocycles. The fourth-order valence-corrected chi connectivity index (χ4v) is 3.76. The smallest absolute Gasteiger partial charge is 0.191 e. The third kappa shape index (κ3) is 5.66. The van der Waals surface area contributed by atoms with Crippen LogP contribution in [-0.2, 0) is 19.5 Å². The van der Waals surface area contributed by atoms with Gasteiger partial charge in [0.25, 0.3) is 0 Å². The lowest BCUT2D eigenvalue weighted by Gasteiger charge is -2.34. The summed E-state index contributed by atoms with van der Waals surface area (Å²) >= 11 is 0. The molecular weight excluding hydrogens is 376 g/mol. The van der Waals surface area contributed by atoms with Gasteiger partial charge in [-0.05, 0) is 49.1 Å². The third-order valence-corrected chi connectivity index (χ3v) is 5.56. The summed E-state index contributed by atoms with van der Waals surface area (Å²) in [4.78, 5) is 7.28. The zero-order valence-corrected chi connectivity index (χ0v) is 18.6. The van der Waals surface area contributed by atoms with Gasteiger partial charge in [-0.25, -0.2) is 4.99 Å².